The van der Waals surface area contributed by atoms with Crippen LogP contribution in [-0.4, -0.2) is 27.6 Å². The average molecular weight is 242 g/mol. The Bertz CT molecular complexity index is 327. The molecule has 0 spiro atoms. The summed E-state index contributed by atoms with van der Waals surface area (Å²) in [5.41, 5.74) is 1.07. The van der Waals surface area contributed by atoms with Gasteiger partial charge in [0.1, 0.15) is 17.2 Å². The highest BCUT2D eigenvalue weighted by atomic mass is 32.2. The molecule has 1 unspecified atom stereocenters. The van der Waals surface area contributed by atoms with Crippen LogP contribution in [0.5, 0.6) is 17.2 Å². The lowest BCUT2D eigenvalue weighted by atomic mass is 10.1. The van der Waals surface area contributed by atoms with E-state index in [0.717, 1.165) is 22.8 Å². The predicted molar refractivity (Wildman–Crippen MR) is 68.0 cm³/mol. The molecule has 3 nitrogen and oxygen atoms in total. The van der Waals surface area contributed by atoms with Gasteiger partial charge in [0.05, 0.1) is 21.3 Å². The Labute approximate surface area is 101 Å². The van der Waals surface area contributed by atoms with Gasteiger partial charge in [-0.2, -0.15) is 11.8 Å². The number of thioether (sulfide) groups is 1. The summed E-state index contributed by atoms with van der Waals surface area (Å²) in [6, 6.07) is 3.76. The first-order valence-corrected chi connectivity index (χ1v) is 6.29. The molecule has 1 atom stereocenters. The highest BCUT2D eigenvalue weighted by Gasteiger charge is 2.18. The van der Waals surface area contributed by atoms with E-state index in [-0.39, 0.29) is 0 Å². The molecular weight excluding hydrogens is 224 g/mol. The first kappa shape index (κ1) is 13.0. The van der Waals surface area contributed by atoms with Crippen LogP contribution in [0.1, 0.15) is 17.7 Å². The van der Waals surface area contributed by atoms with Crippen molar-refractivity contribution in [1.29, 1.82) is 0 Å². The molecule has 1 aromatic carbocycles. The summed E-state index contributed by atoms with van der Waals surface area (Å²) >= 11 is 1.75. The van der Waals surface area contributed by atoms with E-state index in [9.17, 15) is 0 Å². The Hall–Kier alpha value is -1.03. The average Bonchev–Trinajstić information content (AvgIpc) is 2.35. The van der Waals surface area contributed by atoms with E-state index in [1.165, 1.54) is 0 Å². The molecule has 0 fully saturated rings. The fraction of sp³-hybridized carbons (Fsp3) is 0.500. The zero-order valence-electron chi connectivity index (χ0n) is 10.4. The highest BCUT2D eigenvalue weighted by molar-refractivity contribution is 7.98. The van der Waals surface area contributed by atoms with Crippen molar-refractivity contribution in [2.24, 2.45) is 0 Å². The summed E-state index contributed by atoms with van der Waals surface area (Å²) in [6.07, 6.45) is 2.06. The summed E-state index contributed by atoms with van der Waals surface area (Å²) in [5, 5.41) is 0.316. The molecule has 0 bridgehead atoms. The molecule has 0 N–H and O–H groups in total. The summed E-state index contributed by atoms with van der Waals surface area (Å²) < 4.78 is 16.0. The summed E-state index contributed by atoms with van der Waals surface area (Å²) in [4.78, 5) is 0. The Morgan fingerprint density at radius 2 is 1.50 bits per heavy atom. The molecule has 0 amide bonds. The Morgan fingerprint density at radius 3 is 1.81 bits per heavy atom. The van der Waals surface area contributed by atoms with Gasteiger partial charge in [0.15, 0.2) is 0 Å². The summed E-state index contributed by atoms with van der Waals surface area (Å²) in [6.45, 7) is 2.12. The standard InChI is InChI=1S/C12H18O3S/c1-8(16-5)12-10(14-3)6-9(13-2)7-11(12)15-4/h6-8H,1-5H3. The Morgan fingerprint density at radius 1 is 1.00 bits per heavy atom. The lowest BCUT2D eigenvalue weighted by Crippen LogP contribution is -1.99. The maximum atomic E-state index is 5.38. The van der Waals surface area contributed by atoms with E-state index in [1.54, 1.807) is 33.1 Å². The maximum absolute atomic E-state index is 5.38. The lowest BCUT2D eigenvalue weighted by Gasteiger charge is -2.18. The zero-order chi connectivity index (χ0) is 12.1. The fourth-order valence-electron chi connectivity index (χ4n) is 1.55. The molecule has 1 rings (SSSR count). The molecule has 0 aromatic heterocycles. The first-order chi connectivity index (χ1) is 7.67. The second kappa shape index (κ2) is 5.89. The molecule has 1 aromatic rings. The van der Waals surface area contributed by atoms with Crippen LogP contribution in [0, 0.1) is 0 Å². The van der Waals surface area contributed by atoms with E-state index in [4.69, 9.17) is 14.2 Å². The molecular formula is C12H18O3S. The van der Waals surface area contributed by atoms with Gasteiger partial charge in [-0.3, -0.25) is 0 Å². The van der Waals surface area contributed by atoms with Crippen molar-refractivity contribution >= 4 is 11.8 Å². The molecule has 0 saturated heterocycles. The number of ether oxygens (including phenoxy) is 3. The van der Waals surface area contributed by atoms with Crippen molar-refractivity contribution in [3.63, 3.8) is 0 Å². The quantitative estimate of drug-likeness (QED) is 0.793. The second-order valence-electron chi connectivity index (χ2n) is 3.32. The number of benzene rings is 1. The minimum absolute atomic E-state index is 0.316. The van der Waals surface area contributed by atoms with Crippen LogP contribution in [0.3, 0.4) is 0 Å². The monoisotopic (exact) mass is 242 g/mol. The number of rotatable bonds is 5. The summed E-state index contributed by atoms with van der Waals surface area (Å²) in [7, 11) is 4.95. The SMILES string of the molecule is COc1cc(OC)c(C(C)SC)c(OC)c1. The predicted octanol–water partition coefficient (Wildman–Crippen LogP) is 3.14. The van der Waals surface area contributed by atoms with Crippen molar-refractivity contribution < 1.29 is 14.2 Å². The van der Waals surface area contributed by atoms with Crippen molar-refractivity contribution in [2.75, 3.05) is 27.6 Å². The molecule has 0 aliphatic carbocycles. The normalized spacial score (nSPS) is 12.1. The highest BCUT2D eigenvalue weighted by Crippen LogP contribution is 2.42. The molecule has 0 aliphatic rings. The van der Waals surface area contributed by atoms with Gasteiger partial charge in [-0.05, 0) is 13.2 Å². The minimum Gasteiger partial charge on any atom is -0.496 e. The Kier molecular flexibility index (Phi) is 4.80. The van der Waals surface area contributed by atoms with Gasteiger partial charge in [-0.1, -0.05) is 0 Å². The first-order valence-electron chi connectivity index (χ1n) is 5.00. The molecule has 90 valence electrons. The van der Waals surface area contributed by atoms with Crippen LogP contribution < -0.4 is 14.2 Å². The van der Waals surface area contributed by atoms with E-state index in [2.05, 4.69) is 13.2 Å². The lowest BCUT2D eigenvalue weighted by molar-refractivity contribution is 0.369. The Balaban J connectivity index is 3.31. The maximum Gasteiger partial charge on any atom is 0.130 e. The summed E-state index contributed by atoms with van der Waals surface area (Å²) in [5.74, 6) is 2.35. The van der Waals surface area contributed by atoms with Gasteiger partial charge in [-0.25, -0.2) is 0 Å². The van der Waals surface area contributed by atoms with Crippen molar-refractivity contribution in [3.05, 3.63) is 17.7 Å². The van der Waals surface area contributed by atoms with Gasteiger partial charge in [0.25, 0.3) is 0 Å². The fourth-order valence-corrected chi connectivity index (χ4v) is 2.02. The van der Waals surface area contributed by atoms with Gasteiger partial charge in [-0.15, -0.1) is 0 Å². The van der Waals surface area contributed by atoms with Crippen LogP contribution in [0.4, 0.5) is 0 Å². The number of hydrogen-bond donors (Lipinski definition) is 0. The largest absolute Gasteiger partial charge is 0.496 e. The number of methoxy groups -OCH3 is 3. The van der Waals surface area contributed by atoms with Crippen LogP contribution in [0.25, 0.3) is 0 Å². The van der Waals surface area contributed by atoms with E-state index in [0.29, 0.717) is 5.25 Å². The van der Waals surface area contributed by atoms with Crippen molar-refractivity contribution in [3.8, 4) is 17.2 Å². The van der Waals surface area contributed by atoms with Gasteiger partial charge in [0.2, 0.25) is 0 Å². The van der Waals surface area contributed by atoms with Crippen LogP contribution >= 0.6 is 11.8 Å². The molecule has 4 heteroatoms. The molecule has 0 heterocycles. The third-order valence-corrected chi connectivity index (χ3v) is 3.46. The third-order valence-electron chi connectivity index (χ3n) is 2.51. The van der Waals surface area contributed by atoms with Crippen molar-refractivity contribution in [2.45, 2.75) is 12.2 Å². The van der Waals surface area contributed by atoms with E-state index < -0.39 is 0 Å². The zero-order valence-corrected chi connectivity index (χ0v) is 11.2. The molecule has 0 radical (unpaired) electrons. The van der Waals surface area contributed by atoms with Crippen molar-refractivity contribution in [1.82, 2.24) is 0 Å². The molecule has 0 aliphatic heterocycles. The van der Waals surface area contributed by atoms with Crippen LogP contribution in [-0.2, 0) is 0 Å². The second-order valence-corrected chi connectivity index (χ2v) is 4.50. The number of hydrogen-bond acceptors (Lipinski definition) is 4. The van der Waals surface area contributed by atoms with E-state index >= 15 is 0 Å². The van der Waals surface area contributed by atoms with Gasteiger partial charge < -0.3 is 14.2 Å². The van der Waals surface area contributed by atoms with Crippen LogP contribution in [0.15, 0.2) is 12.1 Å². The van der Waals surface area contributed by atoms with E-state index in [1.807, 2.05) is 12.1 Å². The minimum atomic E-state index is 0.316. The van der Waals surface area contributed by atoms with Gasteiger partial charge in [0, 0.05) is 22.9 Å². The van der Waals surface area contributed by atoms with Crippen LogP contribution in [0.2, 0.25) is 0 Å². The van der Waals surface area contributed by atoms with Gasteiger partial charge >= 0.3 is 0 Å². The topological polar surface area (TPSA) is 27.7 Å². The molecule has 16 heavy (non-hydrogen) atoms. The third kappa shape index (κ3) is 2.55. The molecule has 0 saturated carbocycles. The smallest absolute Gasteiger partial charge is 0.130 e.